The molecule has 0 spiro atoms. The van der Waals surface area contributed by atoms with E-state index in [1.54, 1.807) is 6.07 Å². The third-order valence-corrected chi connectivity index (χ3v) is 2.54. The monoisotopic (exact) mass is 211 g/mol. The van der Waals surface area contributed by atoms with E-state index >= 15 is 0 Å². The molecule has 0 unspecified atom stereocenters. The summed E-state index contributed by atoms with van der Waals surface area (Å²) in [7, 11) is 0. The second-order valence-corrected chi connectivity index (χ2v) is 4.15. The lowest BCUT2D eigenvalue weighted by Gasteiger charge is -2.22. The Hall–Kier alpha value is -1.07. The van der Waals surface area contributed by atoms with Crippen LogP contribution in [0.3, 0.4) is 0 Å². The molecule has 0 radical (unpaired) electrons. The molecular weight excluding hydrogens is 190 g/mol. The fourth-order valence-corrected chi connectivity index (χ4v) is 1.58. The van der Waals surface area contributed by atoms with Crippen LogP contribution < -0.4 is 17.2 Å². The molecule has 0 bridgehead atoms. The fourth-order valence-electron chi connectivity index (χ4n) is 1.58. The van der Waals surface area contributed by atoms with E-state index in [4.69, 9.17) is 17.2 Å². The molecular formula is C10H21N5. The molecule has 1 heterocycles. The Kier molecular flexibility index (Phi) is 4.58. The van der Waals surface area contributed by atoms with E-state index in [-0.39, 0.29) is 0 Å². The first-order valence-corrected chi connectivity index (χ1v) is 5.36. The minimum atomic E-state index is 0.440. The smallest absolute Gasteiger partial charge is 0.145 e. The minimum Gasteiger partial charge on any atom is -0.382 e. The number of H-pyrrole nitrogens is 1. The highest BCUT2D eigenvalue weighted by atomic mass is 15.1. The SMILES string of the molecule is Cc1cc(N)n[nH]1.N[C@H]1CC[C@H](N)CC1. The van der Waals surface area contributed by atoms with Crippen molar-refractivity contribution >= 4 is 5.82 Å². The molecule has 1 aliphatic carbocycles. The Morgan fingerprint density at radius 3 is 1.87 bits per heavy atom. The maximum Gasteiger partial charge on any atom is 0.145 e. The number of nitrogen functional groups attached to an aromatic ring is 1. The topological polar surface area (TPSA) is 107 Å². The second kappa shape index (κ2) is 5.72. The molecule has 1 aliphatic rings. The van der Waals surface area contributed by atoms with Gasteiger partial charge in [0.1, 0.15) is 5.82 Å². The van der Waals surface area contributed by atoms with Crippen molar-refractivity contribution in [3.05, 3.63) is 11.8 Å². The van der Waals surface area contributed by atoms with Gasteiger partial charge in [0.25, 0.3) is 0 Å². The van der Waals surface area contributed by atoms with Gasteiger partial charge in [-0.3, -0.25) is 5.10 Å². The lowest BCUT2D eigenvalue weighted by molar-refractivity contribution is 0.395. The molecule has 0 saturated heterocycles. The van der Waals surface area contributed by atoms with E-state index in [9.17, 15) is 0 Å². The van der Waals surface area contributed by atoms with Crippen LogP contribution in [-0.2, 0) is 0 Å². The van der Waals surface area contributed by atoms with Crippen molar-refractivity contribution < 1.29 is 0 Å². The largest absolute Gasteiger partial charge is 0.382 e. The summed E-state index contributed by atoms with van der Waals surface area (Å²) in [6, 6.07) is 2.66. The van der Waals surface area contributed by atoms with Gasteiger partial charge in [0.05, 0.1) is 0 Å². The summed E-state index contributed by atoms with van der Waals surface area (Å²) in [6.07, 6.45) is 4.50. The first-order valence-electron chi connectivity index (χ1n) is 5.36. The standard InChI is InChI=1S/C6H14N2.C4H7N3/c7-5-1-2-6(8)4-3-5;1-3-2-4(5)7-6-3/h5-6H,1-4,7-8H2;2H,1H3,(H3,5,6,7)/t5-,6-;. The second-order valence-electron chi connectivity index (χ2n) is 4.15. The highest BCUT2D eigenvalue weighted by molar-refractivity contribution is 5.27. The average Bonchev–Trinajstić information content (AvgIpc) is 2.56. The minimum absolute atomic E-state index is 0.440. The van der Waals surface area contributed by atoms with E-state index in [1.165, 1.54) is 0 Å². The van der Waals surface area contributed by atoms with Gasteiger partial charge in [0, 0.05) is 23.8 Å². The zero-order valence-electron chi connectivity index (χ0n) is 9.24. The molecule has 2 rings (SSSR count). The van der Waals surface area contributed by atoms with E-state index in [2.05, 4.69) is 10.2 Å². The Bertz CT molecular complexity index is 249. The molecule has 0 aliphatic heterocycles. The van der Waals surface area contributed by atoms with Crippen molar-refractivity contribution in [2.45, 2.75) is 44.7 Å². The molecule has 1 aromatic heterocycles. The Morgan fingerprint density at radius 1 is 1.20 bits per heavy atom. The van der Waals surface area contributed by atoms with Crippen LogP contribution in [0.5, 0.6) is 0 Å². The van der Waals surface area contributed by atoms with Gasteiger partial charge in [0.2, 0.25) is 0 Å². The summed E-state index contributed by atoms with van der Waals surface area (Å²) in [6.45, 7) is 1.91. The maximum atomic E-state index is 5.64. The lowest BCUT2D eigenvalue weighted by Crippen LogP contribution is -2.33. The molecule has 5 heteroatoms. The van der Waals surface area contributed by atoms with Crippen molar-refractivity contribution in [1.29, 1.82) is 0 Å². The molecule has 0 amide bonds. The van der Waals surface area contributed by atoms with Gasteiger partial charge in [-0.2, -0.15) is 5.10 Å². The maximum absolute atomic E-state index is 5.64. The number of aromatic amines is 1. The number of anilines is 1. The quantitative estimate of drug-likeness (QED) is 0.501. The van der Waals surface area contributed by atoms with Gasteiger partial charge in [0.15, 0.2) is 0 Å². The molecule has 1 saturated carbocycles. The predicted octanol–water partition coefficient (Wildman–Crippen LogP) is 0.515. The van der Waals surface area contributed by atoms with Gasteiger partial charge in [-0.15, -0.1) is 0 Å². The van der Waals surface area contributed by atoms with E-state index in [0.29, 0.717) is 17.9 Å². The number of aromatic nitrogens is 2. The molecule has 86 valence electrons. The number of rotatable bonds is 0. The molecule has 0 aromatic carbocycles. The van der Waals surface area contributed by atoms with E-state index < -0.39 is 0 Å². The summed E-state index contributed by atoms with van der Waals surface area (Å²) < 4.78 is 0. The Labute approximate surface area is 90.4 Å². The highest BCUT2D eigenvalue weighted by Gasteiger charge is 2.13. The number of nitrogens with zero attached hydrogens (tertiary/aromatic N) is 1. The van der Waals surface area contributed by atoms with Crippen LogP contribution in [0.2, 0.25) is 0 Å². The van der Waals surface area contributed by atoms with Gasteiger partial charge in [-0.25, -0.2) is 0 Å². The average molecular weight is 211 g/mol. The van der Waals surface area contributed by atoms with Gasteiger partial charge in [-0.1, -0.05) is 0 Å². The predicted molar refractivity (Wildman–Crippen MR) is 62.2 cm³/mol. The summed E-state index contributed by atoms with van der Waals surface area (Å²) in [5, 5.41) is 6.36. The third-order valence-electron chi connectivity index (χ3n) is 2.54. The van der Waals surface area contributed by atoms with Gasteiger partial charge in [-0.05, 0) is 32.6 Å². The van der Waals surface area contributed by atoms with Crippen molar-refractivity contribution in [3.8, 4) is 0 Å². The molecule has 7 N–H and O–H groups in total. The Balaban J connectivity index is 0.000000151. The van der Waals surface area contributed by atoms with Gasteiger partial charge < -0.3 is 17.2 Å². The number of aryl methyl sites for hydroxylation is 1. The Morgan fingerprint density at radius 2 is 1.67 bits per heavy atom. The molecule has 5 nitrogen and oxygen atoms in total. The zero-order valence-corrected chi connectivity index (χ0v) is 9.24. The van der Waals surface area contributed by atoms with Crippen molar-refractivity contribution in [3.63, 3.8) is 0 Å². The lowest BCUT2D eigenvalue weighted by atomic mass is 9.93. The van der Waals surface area contributed by atoms with Crippen LogP contribution in [0.4, 0.5) is 5.82 Å². The number of hydrogen-bond acceptors (Lipinski definition) is 4. The molecule has 1 fully saturated rings. The summed E-state index contributed by atoms with van der Waals surface area (Å²) in [5.74, 6) is 0.553. The normalized spacial score (nSPS) is 25.5. The first kappa shape index (κ1) is 12.0. The zero-order chi connectivity index (χ0) is 11.3. The third kappa shape index (κ3) is 4.80. The fraction of sp³-hybridized carbons (Fsp3) is 0.700. The highest BCUT2D eigenvalue weighted by Crippen LogP contribution is 2.14. The number of hydrogen-bond donors (Lipinski definition) is 4. The first-order chi connectivity index (χ1) is 7.08. The molecule has 0 atom stereocenters. The van der Waals surface area contributed by atoms with Crippen LogP contribution in [0.25, 0.3) is 0 Å². The van der Waals surface area contributed by atoms with Crippen LogP contribution in [0.15, 0.2) is 6.07 Å². The van der Waals surface area contributed by atoms with Gasteiger partial charge >= 0.3 is 0 Å². The van der Waals surface area contributed by atoms with Crippen molar-refractivity contribution in [2.24, 2.45) is 11.5 Å². The van der Waals surface area contributed by atoms with Crippen LogP contribution in [0, 0.1) is 6.92 Å². The van der Waals surface area contributed by atoms with Crippen LogP contribution >= 0.6 is 0 Å². The van der Waals surface area contributed by atoms with Crippen LogP contribution in [0.1, 0.15) is 31.4 Å². The van der Waals surface area contributed by atoms with Crippen molar-refractivity contribution in [1.82, 2.24) is 10.2 Å². The summed E-state index contributed by atoms with van der Waals surface area (Å²) >= 11 is 0. The summed E-state index contributed by atoms with van der Waals surface area (Å²) in [4.78, 5) is 0. The number of nitrogens with two attached hydrogens (primary N) is 3. The van der Waals surface area contributed by atoms with E-state index in [0.717, 1.165) is 31.4 Å². The van der Waals surface area contributed by atoms with E-state index in [1.807, 2.05) is 6.92 Å². The molecule has 1 aromatic rings. The summed E-state index contributed by atoms with van der Waals surface area (Å²) in [5.41, 5.74) is 17.5. The number of nitrogens with one attached hydrogen (secondary N) is 1. The van der Waals surface area contributed by atoms with Crippen LogP contribution in [-0.4, -0.2) is 22.3 Å². The molecule has 15 heavy (non-hydrogen) atoms. The van der Waals surface area contributed by atoms with Crippen molar-refractivity contribution in [2.75, 3.05) is 5.73 Å².